The number of hydrogen-bond donors (Lipinski definition) is 2. The molecule has 40 heavy (non-hydrogen) atoms. The second kappa shape index (κ2) is 9.15. The van der Waals surface area contributed by atoms with E-state index in [9.17, 15) is 8.42 Å². The minimum atomic E-state index is -3.20. The van der Waals surface area contributed by atoms with Gasteiger partial charge in [-0.2, -0.15) is 0 Å². The van der Waals surface area contributed by atoms with Crippen LogP contribution in [0.5, 0.6) is 0 Å². The summed E-state index contributed by atoms with van der Waals surface area (Å²) in [6.45, 7) is 0. The topological polar surface area (TPSA) is 103 Å². The summed E-state index contributed by atoms with van der Waals surface area (Å²) < 4.78 is 26.4. The number of nitrogens with zero attached hydrogens (tertiary/aromatic N) is 3. The molecule has 2 aliphatic rings. The maximum atomic E-state index is 12.1. The zero-order valence-corrected chi connectivity index (χ0v) is 22.9. The van der Waals surface area contributed by atoms with Gasteiger partial charge >= 0.3 is 0 Å². The third-order valence-electron chi connectivity index (χ3n) is 7.93. The Bertz CT molecular complexity index is 1870. The highest BCUT2D eigenvalue weighted by molar-refractivity contribution is 7.89. The molecule has 1 saturated carbocycles. The zero-order chi connectivity index (χ0) is 27.5. The minimum absolute atomic E-state index is 0.0312. The van der Waals surface area contributed by atoms with Crippen molar-refractivity contribution in [3.63, 3.8) is 0 Å². The first-order valence-corrected chi connectivity index (χ1v) is 15.5. The Labute approximate surface area is 233 Å². The van der Waals surface area contributed by atoms with Gasteiger partial charge in [0.05, 0.1) is 28.5 Å². The van der Waals surface area contributed by atoms with Gasteiger partial charge in [0.1, 0.15) is 5.82 Å². The fourth-order valence-corrected chi connectivity index (χ4v) is 6.59. The molecular weight excluding hydrogens is 518 g/mol. The lowest BCUT2D eigenvalue weighted by Crippen LogP contribution is -2.43. The summed E-state index contributed by atoms with van der Waals surface area (Å²) in [6.07, 6.45) is 6.17. The van der Waals surface area contributed by atoms with Crippen LogP contribution in [0.2, 0.25) is 0 Å². The predicted molar refractivity (Wildman–Crippen MR) is 159 cm³/mol. The molecule has 7 rings (SSSR count). The van der Waals surface area contributed by atoms with Crippen LogP contribution in [0.1, 0.15) is 30.4 Å². The number of nitrogens with one attached hydrogen (secondary N) is 1. The van der Waals surface area contributed by atoms with E-state index in [4.69, 9.17) is 10.7 Å². The van der Waals surface area contributed by atoms with Crippen LogP contribution in [0.4, 0.5) is 11.5 Å². The van der Waals surface area contributed by atoms with E-state index < -0.39 is 9.84 Å². The number of pyridine rings is 1. The second-order valence-electron chi connectivity index (χ2n) is 10.9. The fourth-order valence-electron chi connectivity index (χ4n) is 5.81. The van der Waals surface area contributed by atoms with Crippen LogP contribution in [0.3, 0.4) is 0 Å². The Morgan fingerprint density at radius 3 is 2.50 bits per heavy atom. The van der Waals surface area contributed by atoms with Gasteiger partial charge in [0.15, 0.2) is 15.7 Å². The Kier molecular flexibility index (Phi) is 5.66. The van der Waals surface area contributed by atoms with E-state index in [0.717, 1.165) is 81.5 Å². The van der Waals surface area contributed by atoms with Gasteiger partial charge in [0.2, 0.25) is 0 Å². The van der Waals surface area contributed by atoms with Crippen LogP contribution >= 0.6 is 0 Å². The van der Waals surface area contributed by atoms with Crippen molar-refractivity contribution in [2.45, 2.75) is 30.6 Å². The normalized spacial score (nSPS) is 15.2. The first-order chi connectivity index (χ1) is 19.3. The molecule has 0 bridgehead atoms. The highest BCUT2D eigenvalue weighted by Crippen LogP contribution is 2.45. The molecule has 0 radical (unpaired) electrons. The SMILES string of the molecule is CS(=O)(=O)Cc1cccc(-c2nc3n(c2-c2ccc(C4(N)CCC4)cc2)-c2cccnc2Nc2ccccc2-3)c1. The molecular formula is C32H29N5O2S. The lowest BCUT2D eigenvalue weighted by molar-refractivity contribution is 0.253. The first-order valence-electron chi connectivity index (χ1n) is 13.4. The minimum Gasteiger partial charge on any atom is -0.338 e. The van der Waals surface area contributed by atoms with Crippen molar-refractivity contribution in [1.82, 2.24) is 14.5 Å². The monoisotopic (exact) mass is 547 g/mol. The van der Waals surface area contributed by atoms with Crippen LogP contribution in [-0.4, -0.2) is 29.2 Å². The molecule has 200 valence electrons. The Hall–Kier alpha value is -4.27. The van der Waals surface area contributed by atoms with Crippen LogP contribution in [-0.2, 0) is 21.1 Å². The highest BCUT2D eigenvalue weighted by atomic mass is 32.2. The van der Waals surface area contributed by atoms with Crippen molar-refractivity contribution >= 4 is 21.3 Å². The molecule has 2 aromatic heterocycles. The van der Waals surface area contributed by atoms with Crippen molar-refractivity contribution in [3.8, 4) is 39.6 Å². The molecule has 5 aromatic rings. The molecule has 1 aliphatic carbocycles. The third kappa shape index (κ3) is 4.20. The third-order valence-corrected chi connectivity index (χ3v) is 8.79. The Morgan fingerprint density at radius 1 is 0.950 bits per heavy atom. The number of para-hydroxylation sites is 1. The summed E-state index contributed by atoms with van der Waals surface area (Å²) in [7, 11) is -3.20. The lowest BCUT2D eigenvalue weighted by Gasteiger charge is -2.38. The Balaban J connectivity index is 1.51. The van der Waals surface area contributed by atoms with Crippen molar-refractivity contribution in [1.29, 1.82) is 0 Å². The molecule has 1 fully saturated rings. The second-order valence-corrected chi connectivity index (χ2v) is 13.0. The quantitative estimate of drug-likeness (QED) is 0.266. The van der Waals surface area contributed by atoms with Crippen molar-refractivity contribution in [3.05, 3.63) is 102 Å². The molecule has 7 nitrogen and oxygen atoms in total. The maximum Gasteiger partial charge on any atom is 0.154 e. The van der Waals surface area contributed by atoms with Gasteiger partial charge in [-0.05, 0) is 60.7 Å². The number of anilines is 2. The lowest BCUT2D eigenvalue weighted by atomic mass is 9.72. The van der Waals surface area contributed by atoms with E-state index in [1.807, 2.05) is 54.6 Å². The summed E-state index contributed by atoms with van der Waals surface area (Å²) in [6, 6.07) is 28.2. The van der Waals surface area contributed by atoms with Crippen LogP contribution < -0.4 is 11.1 Å². The predicted octanol–water partition coefficient (Wildman–Crippen LogP) is 6.21. The Morgan fingerprint density at radius 2 is 1.75 bits per heavy atom. The molecule has 3 heterocycles. The molecule has 0 atom stereocenters. The van der Waals surface area contributed by atoms with Gasteiger partial charge in [-0.15, -0.1) is 0 Å². The van der Waals surface area contributed by atoms with Gasteiger partial charge in [0.25, 0.3) is 0 Å². The summed E-state index contributed by atoms with van der Waals surface area (Å²) in [5, 5.41) is 3.50. The highest BCUT2D eigenvalue weighted by Gasteiger charge is 2.34. The summed E-state index contributed by atoms with van der Waals surface area (Å²) >= 11 is 0. The van der Waals surface area contributed by atoms with Gasteiger partial charge < -0.3 is 11.1 Å². The number of hydrogen-bond acceptors (Lipinski definition) is 6. The molecule has 3 N–H and O–H groups in total. The molecule has 0 amide bonds. The smallest absolute Gasteiger partial charge is 0.154 e. The van der Waals surface area contributed by atoms with Crippen molar-refractivity contribution < 1.29 is 8.42 Å². The van der Waals surface area contributed by atoms with Crippen LogP contribution in [0, 0.1) is 0 Å². The van der Waals surface area contributed by atoms with Gasteiger partial charge in [-0.3, -0.25) is 4.57 Å². The number of benzene rings is 3. The van der Waals surface area contributed by atoms with Gasteiger partial charge in [0, 0.05) is 34.7 Å². The van der Waals surface area contributed by atoms with Crippen molar-refractivity contribution in [2.75, 3.05) is 11.6 Å². The maximum absolute atomic E-state index is 12.1. The number of imidazole rings is 1. The van der Waals surface area contributed by atoms with Gasteiger partial charge in [-0.1, -0.05) is 54.6 Å². The number of sulfone groups is 1. The molecule has 1 aliphatic heterocycles. The average molecular weight is 548 g/mol. The van der Waals surface area contributed by atoms with E-state index in [2.05, 4.69) is 45.2 Å². The number of rotatable bonds is 5. The number of aromatic nitrogens is 3. The zero-order valence-electron chi connectivity index (χ0n) is 22.1. The molecule has 8 heteroatoms. The molecule has 0 saturated heterocycles. The summed E-state index contributed by atoms with van der Waals surface area (Å²) in [5.74, 6) is 1.49. The van der Waals surface area contributed by atoms with Gasteiger partial charge in [-0.25, -0.2) is 18.4 Å². The van der Waals surface area contributed by atoms with E-state index in [-0.39, 0.29) is 11.3 Å². The first kappa shape index (κ1) is 24.7. The number of fused-ring (bicyclic) bond motifs is 5. The molecule has 0 unspecified atom stereocenters. The van der Waals surface area contributed by atoms with E-state index >= 15 is 0 Å². The standard InChI is InChI=1S/C32H29N5O2S/c1-40(38,39)20-21-7-4-8-23(19-21)28-29(22-12-14-24(15-13-22)32(33)16-6-17-32)37-27-11-5-18-34-30(27)35-26-10-3-2-9-25(26)31(37)36-28/h2-5,7-15,18-19H,6,16-17,20,33H2,1H3,(H,34,35). The van der Waals surface area contributed by atoms with E-state index in [0.29, 0.717) is 0 Å². The van der Waals surface area contributed by atoms with Crippen LogP contribution in [0.15, 0.2) is 91.1 Å². The fraction of sp³-hybridized carbons (Fsp3) is 0.188. The largest absolute Gasteiger partial charge is 0.338 e. The summed E-state index contributed by atoms with van der Waals surface area (Å²) in [4.78, 5) is 9.93. The number of nitrogens with two attached hydrogens (primary N) is 1. The van der Waals surface area contributed by atoms with E-state index in [1.165, 1.54) is 6.26 Å². The summed E-state index contributed by atoms with van der Waals surface area (Å²) in [5.41, 5.74) is 14.5. The van der Waals surface area contributed by atoms with Crippen molar-refractivity contribution in [2.24, 2.45) is 5.73 Å². The average Bonchev–Trinajstić information content (AvgIpc) is 3.26. The molecule has 3 aromatic carbocycles. The van der Waals surface area contributed by atoms with Crippen LogP contribution in [0.25, 0.3) is 39.6 Å². The molecule has 0 spiro atoms. The van der Waals surface area contributed by atoms with E-state index in [1.54, 1.807) is 6.20 Å².